The summed E-state index contributed by atoms with van der Waals surface area (Å²) < 4.78 is 1.20. The predicted octanol–water partition coefficient (Wildman–Crippen LogP) is 2.20. The van der Waals surface area contributed by atoms with Crippen molar-refractivity contribution in [2.45, 2.75) is 6.92 Å². The van der Waals surface area contributed by atoms with E-state index in [4.69, 9.17) is 0 Å². The van der Waals surface area contributed by atoms with Crippen molar-refractivity contribution in [3.05, 3.63) is 21.1 Å². The molecule has 1 aromatic heterocycles. The molecule has 0 aliphatic carbocycles. The number of carbonyl (C=O) groups excluding carboxylic acids is 1. The van der Waals surface area contributed by atoms with E-state index in [0.29, 0.717) is 9.21 Å². The van der Waals surface area contributed by atoms with Crippen LogP contribution in [0.2, 0.25) is 0 Å². The highest BCUT2D eigenvalue weighted by atomic mass is 79.9. The van der Waals surface area contributed by atoms with Gasteiger partial charge in [-0.15, -0.1) is 0 Å². The van der Waals surface area contributed by atoms with E-state index in [1.165, 1.54) is 6.92 Å². The minimum absolute atomic E-state index is 0.146. The van der Waals surface area contributed by atoms with Crippen LogP contribution < -0.4 is 0 Å². The highest BCUT2D eigenvalue weighted by Gasteiger charge is 2.04. The number of hydrogen-bond donors (Lipinski definition) is 0. The van der Waals surface area contributed by atoms with Gasteiger partial charge in [0, 0.05) is 13.0 Å². The van der Waals surface area contributed by atoms with Gasteiger partial charge in [0.05, 0.1) is 0 Å². The van der Waals surface area contributed by atoms with Gasteiger partial charge in [0.25, 0.3) is 0 Å². The van der Waals surface area contributed by atoms with Gasteiger partial charge in [-0.3, -0.25) is 4.79 Å². The molecule has 1 rings (SSSR count). The molecule has 0 saturated carbocycles. The van der Waals surface area contributed by atoms with Crippen molar-refractivity contribution in [3.63, 3.8) is 0 Å². The highest BCUT2D eigenvalue weighted by molar-refractivity contribution is 9.11. The van der Waals surface area contributed by atoms with E-state index in [1.807, 2.05) is 0 Å². The first-order valence-corrected chi connectivity index (χ1v) is 4.39. The van der Waals surface area contributed by atoms with E-state index in [2.05, 4.69) is 41.8 Å². The van der Waals surface area contributed by atoms with Crippen LogP contribution >= 0.6 is 31.9 Å². The zero-order valence-electron chi connectivity index (χ0n) is 5.64. The van der Waals surface area contributed by atoms with Gasteiger partial charge in [-0.1, -0.05) is 0 Å². The van der Waals surface area contributed by atoms with Crippen molar-refractivity contribution in [1.29, 1.82) is 0 Å². The monoisotopic (exact) mass is 278 g/mol. The highest BCUT2D eigenvalue weighted by Crippen LogP contribution is 2.12. The van der Waals surface area contributed by atoms with E-state index in [-0.39, 0.29) is 11.6 Å². The topological polar surface area (TPSA) is 42.9 Å². The molecule has 0 spiro atoms. The molecule has 0 radical (unpaired) electrons. The molecule has 3 nitrogen and oxygen atoms in total. The standard InChI is InChI=1S/C6H4Br2N2O/c1-3(11)6-9-4(7)2-5(8)10-6/h2H,1H3. The molecule has 0 N–H and O–H groups in total. The average molecular weight is 280 g/mol. The number of halogens is 2. The second-order valence-electron chi connectivity index (χ2n) is 1.89. The minimum Gasteiger partial charge on any atom is -0.291 e. The Hall–Kier alpha value is -0.290. The van der Waals surface area contributed by atoms with Gasteiger partial charge in [0.2, 0.25) is 0 Å². The normalized spacial score (nSPS) is 9.73. The largest absolute Gasteiger partial charge is 0.291 e. The van der Waals surface area contributed by atoms with Crippen LogP contribution in [0.15, 0.2) is 15.3 Å². The van der Waals surface area contributed by atoms with Crippen molar-refractivity contribution in [1.82, 2.24) is 9.97 Å². The minimum atomic E-state index is -0.146. The molecule has 0 bridgehead atoms. The SMILES string of the molecule is CC(=O)c1nc(Br)cc(Br)n1. The zero-order chi connectivity index (χ0) is 8.43. The van der Waals surface area contributed by atoms with Gasteiger partial charge in [-0.2, -0.15) is 0 Å². The fourth-order valence-corrected chi connectivity index (χ4v) is 1.62. The van der Waals surface area contributed by atoms with Crippen molar-refractivity contribution in [2.75, 3.05) is 0 Å². The van der Waals surface area contributed by atoms with Crippen LogP contribution in [0.5, 0.6) is 0 Å². The smallest absolute Gasteiger partial charge is 0.197 e. The Balaban J connectivity index is 3.19. The number of hydrogen-bond acceptors (Lipinski definition) is 3. The Morgan fingerprint density at radius 2 is 1.82 bits per heavy atom. The summed E-state index contributed by atoms with van der Waals surface area (Å²) in [5, 5.41) is 0. The fraction of sp³-hybridized carbons (Fsp3) is 0.167. The maximum Gasteiger partial charge on any atom is 0.197 e. The van der Waals surface area contributed by atoms with E-state index in [1.54, 1.807) is 6.07 Å². The molecule has 0 unspecified atom stereocenters. The predicted molar refractivity (Wildman–Crippen MR) is 47.4 cm³/mol. The third kappa shape index (κ3) is 2.34. The maximum absolute atomic E-state index is 10.8. The lowest BCUT2D eigenvalue weighted by Gasteiger charge is -1.95. The van der Waals surface area contributed by atoms with Gasteiger partial charge >= 0.3 is 0 Å². The second kappa shape index (κ2) is 3.40. The molecular weight excluding hydrogens is 276 g/mol. The average Bonchev–Trinajstić information content (AvgIpc) is 1.85. The molecule has 5 heteroatoms. The lowest BCUT2D eigenvalue weighted by molar-refractivity contribution is 0.100. The Morgan fingerprint density at radius 1 is 1.36 bits per heavy atom. The first kappa shape index (κ1) is 8.80. The van der Waals surface area contributed by atoms with Crippen molar-refractivity contribution in [2.24, 2.45) is 0 Å². The first-order chi connectivity index (χ1) is 5.09. The van der Waals surface area contributed by atoms with Crippen LogP contribution in [0.1, 0.15) is 17.5 Å². The molecule has 1 heterocycles. The Kier molecular flexibility index (Phi) is 2.72. The summed E-state index contributed by atoms with van der Waals surface area (Å²) in [6.45, 7) is 1.42. The molecule has 0 atom stereocenters. The molecule has 11 heavy (non-hydrogen) atoms. The van der Waals surface area contributed by atoms with Gasteiger partial charge in [-0.05, 0) is 31.9 Å². The van der Waals surface area contributed by atoms with Gasteiger partial charge in [0.1, 0.15) is 9.21 Å². The van der Waals surface area contributed by atoms with Crippen LogP contribution in [-0.2, 0) is 0 Å². The van der Waals surface area contributed by atoms with Gasteiger partial charge < -0.3 is 0 Å². The van der Waals surface area contributed by atoms with E-state index >= 15 is 0 Å². The number of carbonyl (C=O) groups is 1. The van der Waals surface area contributed by atoms with Crippen molar-refractivity contribution in [3.8, 4) is 0 Å². The second-order valence-corrected chi connectivity index (χ2v) is 3.52. The van der Waals surface area contributed by atoms with Crippen LogP contribution in [0.25, 0.3) is 0 Å². The summed E-state index contributed by atoms with van der Waals surface area (Å²) in [5.41, 5.74) is 0. The lowest BCUT2D eigenvalue weighted by Crippen LogP contribution is -2.00. The summed E-state index contributed by atoms with van der Waals surface area (Å²) in [7, 11) is 0. The number of nitrogens with zero attached hydrogens (tertiary/aromatic N) is 2. The van der Waals surface area contributed by atoms with E-state index in [9.17, 15) is 4.79 Å². The third-order valence-electron chi connectivity index (χ3n) is 0.979. The molecule has 58 valence electrons. The Labute approximate surface area is 80.5 Å². The van der Waals surface area contributed by atoms with Gasteiger partial charge in [-0.25, -0.2) is 9.97 Å². The molecule has 0 fully saturated rings. The molecule has 0 amide bonds. The Morgan fingerprint density at radius 3 is 2.18 bits per heavy atom. The molecule has 1 aromatic rings. The number of Topliss-reactive ketones (excluding diaryl/α,β-unsaturated/α-hetero) is 1. The number of rotatable bonds is 1. The third-order valence-corrected chi connectivity index (χ3v) is 1.79. The quantitative estimate of drug-likeness (QED) is 0.585. The number of ketones is 1. The lowest BCUT2D eigenvalue weighted by atomic mass is 10.4. The molecule has 0 aliphatic rings. The molecule has 0 aromatic carbocycles. The fourth-order valence-electron chi connectivity index (χ4n) is 0.548. The number of aromatic nitrogens is 2. The summed E-state index contributed by atoms with van der Waals surface area (Å²) in [6, 6.07) is 1.67. The van der Waals surface area contributed by atoms with Crippen LogP contribution in [0.4, 0.5) is 0 Å². The van der Waals surface area contributed by atoms with Crippen LogP contribution in [-0.4, -0.2) is 15.8 Å². The van der Waals surface area contributed by atoms with Crippen molar-refractivity contribution >= 4 is 37.6 Å². The van der Waals surface area contributed by atoms with Crippen molar-refractivity contribution < 1.29 is 4.79 Å². The van der Waals surface area contributed by atoms with E-state index in [0.717, 1.165) is 0 Å². The summed E-state index contributed by atoms with van der Waals surface area (Å²) in [4.78, 5) is 18.5. The summed E-state index contributed by atoms with van der Waals surface area (Å²) in [6.07, 6.45) is 0. The maximum atomic E-state index is 10.8. The Bertz CT molecular complexity index is 280. The summed E-state index contributed by atoms with van der Waals surface area (Å²) in [5.74, 6) is 0.0678. The summed E-state index contributed by atoms with van der Waals surface area (Å²) >= 11 is 6.30. The zero-order valence-corrected chi connectivity index (χ0v) is 8.81. The van der Waals surface area contributed by atoms with Gasteiger partial charge in [0.15, 0.2) is 11.6 Å². The van der Waals surface area contributed by atoms with Crippen LogP contribution in [0, 0.1) is 0 Å². The first-order valence-electron chi connectivity index (χ1n) is 2.80. The molecule has 0 aliphatic heterocycles. The molecule has 0 saturated heterocycles. The van der Waals surface area contributed by atoms with E-state index < -0.39 is 0 Å². The molecular formula is C6H4Br2N2O. The van der Waals surface area contributed by atoms with Crippen LogP contribution in [0.3, 0.4) is 0 Å².